The van der Waals surface area contributed by atoms with Gasteiger partial charge in [0.1, 0.15) is 0 Å². The normalized spacial score (nSPS) is 19.1. The first kappa shape index (κ1) is 8.34. The molecular formula is C9H15NO. The van der Waals surface area contributed by atoms with Gasteiger partial charge in [-0.25, -0.2) is 0 Å². The lowest BCUT2D eigenvalue weighted by Crippen LogP contribution is -2.31. The van der Waals surface area contributed by atoms with E-state index in [-0.39, 0.29) is 0 Å². The molecule has 0 atom stereocenters. The Labute approximate surface area is 68.1 Å². The van der Waals surface area contributed by atoms with Gasteiger partial charge < -0.3 is 9.64 Å². The van der Waals surface area contributed by atoms with Crippen LogP contribution in [0.5, 0.6) is 0 Å². The number of allylic oxidation sites excluding steroid dienone is 2. The third-order valence-corrected chi connectivity index (χ3v) is 1.66. The van der Waals surface area contributed by atoms with Crippen LogP contribution < -0.4 is 0 Å². The average molecular weight is 153 g/mol. The van der Waals surface area contributed by atoms with Crippen molar-refractivity contribution in [1.29, 1.82) is 0 Å². The second kappa shape index (κ2) is 4.97. The summed E-state index contributed by atoms with van der Waals surface area (Å²) in [6.45, 7) is 7.41. The van der Waals surface area contributed by atoms with E-state index in [9.17, 15) is 0 Å². The van der Waals surface area contributed by atoms with Gasteiger partial charge in [-0.2, -0.15) is 0 Å². The van der Waals surface area contributed by atoms with Crippen molar-refractivity contribution in [1.82, 2.24) is 4.90 Å². The summed E-state index contributed by atoms with van der Waals surface area (Å²) in [5, 5.41) is 0. The predicted molar refractivity (Wildman–Crippen MR) is 46.3 cm³/mol. The summed E-state index contributed by atoms with van der Waals surface area (Å²) in [5.41, 5.74) is 0. The Balaban J connectivity index is 2.18. The van der Waals surface area contributed by atoms with Crippen molar-refractivity contribution in [2.45, 2.75) is 6.42 Å². The van der Waals surface area contributed by atoms with Gasteiger partial charge in [-0.15, -0.1) is 6.58 Å². The first-order valence-corrected chi connectivity index (χ1v) is 4.03. The van der Waals surface area contributed by atoms with E-state index in [1.54, 1.807) is 0 Å². The van der Waals surface area contributed by atoms with E-state index in [4.69, 9.17) is 4.74 Å². The van der Waals surface area contributed by atoms with Crippen molar-refractivity contribution in [3.05, 3.63) is 24.9 Å². The van der Waals surface area contributed by atoms with Crippen LogP contribution in [0.15, 0.2) is 24.9 Å². The van der Waals surface area contributed by atoms with Crippen molar-refractivity contribution in [2.24, 2.45) is 0 Å². The van der Waals surface area contributed by atoms with Crippen LogP contribution in [-0.4, -0.2) is 31.2 Å². The molecule has 0 aromatic heterocycles. The highest BCUT2D eigenvalue weighted by Crippen LogP contribution is 1.97. The van der Waals surface area contributed by atoms with E-state index < -0.39 is 0 Å². The average Bonchev–Trinajstić information content (AvgIpc) is 2.07. The maximum atomic E-state index is 5.21. The second-order valence-corrected chi connectivity index (χ2v) is 2.56. The highest BCUT2D eigenvalue weighted by Gasteiger charge is 2.03. The number of hydrogen-bond acceptors (Lipinski definition) is 2. The van der Waals surface area contributed by atoms with Gasteiger partial charge in [-0.1, -0.05) is 12.2 Å². The molecule has 0 spiro atoms. The summed E-state index contributed by atoms with van der Waals surface area (Å²) in [6.07, 6.45) is 7.11. The molecule has 1 saturated heterocycles. The molecule has 1 heterocycles. The lowest BCUT2D eigenvalue weighted by Gasteiger charge is -2.24. The van der Waals surface area contributed by atoms with Gasteiger partial charge >= 0.3 is 0 Å². The molecule has 0 aromatic carbocycles. The molecule has 11 heavy (non-hydrogen) atoms. The molecule has 1 fully saturated rings. The minimum absolute atomic E-state index is 0.860. The molecule has 2 heteroatoms. The summed E-state index contributed by atoms with van der Waals surface area (Å²) in [4.78, 5) is 2.27. The first-order chi connectivity index (χ1) is 5.43. The van der Waals surface area contributed by atoms with Crippen molar-refractivity contribution in [3.8, 4) is 0 Å². The molecule has 62 valence electrons. The van der Waals surface area contributed by atoms with Crippen molar-refractivity contribution in [2.75, 3.05) is 26.3 Å². The highest BCUT2D eigenvalue weighted by atomic mass is 16.5. The van der Waals surface area contributed by atoms with Gasteiger partial charge in [0.05, 0.1) is 13.2 Å². The molecule has 0 unspecified atom stereocenters. The lowest BCUT2D eigenvalue weighted by molar-refractivity contribution is 0.0593. The zero-order valence-corrected chi connectivity index (χ0v) is 6.83. The Bertz CT molecular complexity index is 136. The number of morpholine rings is 1. The zero-order valence-electron chi connectivity index (χ0n) is 6.83. The van der Waals surface area contributed by atoms with Gasteiger partial charge in [-0.3, -0.25) is 0 Å². The van der Waals surface area contributed by atoms with Crippen molar-refractivity contribution in [3.63, 3.8) is 0 Å². The number of nitrogens with zero attached hydrogens (tertiary/aromatic N) is 1. The molecule has 1 rings (SSSR count). The Morgan fingerprint density at radius 3 is 2.73 bits per heavy atom. The summed E-state index contributed by atoms with van der Waals surface area (Å²) in [6, 6.07) is 0. The van der Waals surface area contributed by atoms with Crippen molar-refractivity contribution < 1.29 is 4.74 Å². The minimum atomic E-state index is 0.860. The zero-order chi connectivity index (χ0) is 7.94. The van der Waals surface area contributed by atoms with Crippen LogP contribution in [0.2, 0.25) is 0 Å². The fraction of sp³-hybridized carbons (Fsp3) is 0.556. The molecule has 0 aliphatic carbocycles. The summed E-state index contributed by atoms with van der Waals surface area (Å²) < 4.78 is 5.21. The van der Waals surface area contributed by atoms with Crippen LogP contribution in [0.3, 0.4) is 0 Å². The molecule has 0 radical (unpaired) electrons. The van der Waals surface area contributed by atoms with E-state index in [1.165, 1.54) is 0 Å². The van der Waals surface area contributed by atoms with Crippen LogP contribution in [-0.2, 0) is 4.74 Å². The van der Waals surface area contributed by atoms with Gasteiger partial charge in [0.2, 0.25) is 0 Å². The molecule has 1 aliphatic heterocycles. The monoisotopic (exact) mass is 153 g/mol. The van der Waals surface area contributed by atoms with E-state index in [0.717, 1.165) is 32.7 Å². The molecule has 0 N–H and O–H groups in total. The SMILES string of the molecule is C=CC/C=C/N1CCOCC1. The fourth-order valence-electron chi connectivity index (χ4n) is 1.03. The maximum Gasteiger partial charge on any atom is 0.0642 e. The summed E-state index contributed by atoms with van der Waals surface area (Å²) in [7, 11) is 0. The summed E-state index contributed by atoms with van der Waals surface area (Å²) >= 11 is 0. The third kappa shape index (κ3) is 3.23. The van der Waals surface area contributed by atoms with E-state index in [1.807, 2.05) is 6.08 Å². The highest BCUT2D eigenvalue weighted by molar-refractivity contribution is 4.88. The van der Waals surface area contributed by atoms with Crippen molar-refractivity contribution >= 4 is 0 Å². The van der Waals surface area contributed by atoms with Crippen LogP contribution in [0.4, 0.5) is 0 Å². The van der Waals surface area contributed by atoms with Crippen LogP contribution >= 0.6 is 0 Å². The molecule has 0 amide bonds. The maximum absolute atomic E-state index is 5.21. The van der Waals surface area contributed by atoms with E-state index in [2.05, 4.69) is 23.8 Å². The second-order valence-electron chi connectivity index (χ2n) is 2.56. The number of rotatable bonds is 3. The molecule has 0 aromatic rings. The molecule has 2 nitrogen and oxygen atoms in total. The Morgan fingerprint density at radius 2 is 2.09 bits per heavy atom. The van der Waals surface area contributed by atoms with E-state index in [0.29, 0.717) is 0 Å². The molecule has 0 saturated carbocycles. The molecule has 0 bridgehead atoms. The van der Waals surface area contributed by atoms with Crippen LogP contribution in [0.25, 0.3) is 0 Å². The first-order valence-electron chi connectivity index (χ1n) is 4.03. The molecular weight excluding hydrogens is 138 g/mol. The van der Waals surface area contributed by atoms with Gasteiger partial charge in [0, 0.05) is 13.1 Å². The minimum Gasteiger partial charge on any atom is -0.378 e. The smallest absolute Gasteiger partial charge is 0.0642 e. The van der Waals surface area contributed by atoms with E-state index >= 15 is 0 Å². The van der Waals surface area contributed by atoms with Crippen LogP contribution in [0.1, 0.15) is 6.42 Å². The largest absolute Gasteiger partial charge is 0.378 e. The number of hydrogen-bond donors (Lipinski definition) is 0. The Kier molecular flexibility index (Phi) is 3.76. The topological polar surface area (TPSA) is 12.5 Å². The third-order valence-electron chi connectivity index (χ3n) is 1.66. The standard InChI is InChI=1S/C9H15NO/c1-2-3-4-5-10-6-8-11-9-7-10/h2,4-5H,1,3,6-9H2/b5-4+. The Morgan fingerprint density at radius 1 is 1.36 bits per heavy atom. The quantitative estimate of drug-likeness (QED) is 0.568. The Hall–Kier alpha value is -0.760. The van der Waals surface area contributed by atoms with Gasteiger partial charge in [0.25, 0.3) is 0 Å². The number of ether oxygens (including phenoxy) is 1. The summed E-state index contributed by atoms with van der Waals surface area (Å²) in [5.74, 6) is 0. The predicted octanol–water partition coefficient (Wildman–Crippen LogP) is 1.41. The molecule has 1 aliphatic rings. The van der Waals surface area contributed by atoms with Gasteiger partial charge in [-0.05, 0) is 12.6 Å². The lowest BCUT2D eigenvalue weighted by atomic mass is 10.4. The van der Waals surface area contributed by atoms with Gasteiger partial charge in [0.15, 0.2) is 0 Å². The fourth-order valence-corrected chi connectivity index (χ4v) is 1.03. The van der Waals surface area contributed by atoms with Crippen LogP contribution in [0, 0.1) is 0 Å².